The molecule has 0 spiro atoms. The molecule has 0 aromatic heterocycles. The number of carbonyl (C=O) groups excluding carboxylic acids is 2. The van der Waals surface area contributed by atoms with E-state index in [1.807, 2.05) is 20.8 Å². The number of esters is 1. The second-order valence-corrected chi connectivity index (χ2v) is 5.77. The van der Waals surface area contributed by atoms with Gasteiger partial charge >= 0.3 is 5.97 Å². The number of guanidine groups is 1. The number of rotatable bonds is 3. The molecule has 0 atom stereocenters. The number of hydrogen-bond donors (Lipinski definition) is 3. The average Bonchev–Trinajstić information content (AvgIpc) is 2.35. The summed E-state index contributed by atoms with van der Waals surface area (Å²) in [6.45, 7) is 7.13. The van der Waals surface area contributed by atoms with Gasteiger partial charge in [-0.15, -0.1) is 12.4 Å². The Hall–Kier alpha value is -2.28. The SMILES string of the molecule is COc1c(OC(C)=O)cc(C(C)(C)C)cc1C(=O)NC(=N)N.Cl. The Morgan fingerprint density at radius 1 is 1.26 bits per heavy atom. The number of ether oxygens (including phenoxy) is 2. The van der Waals surface area contributed by atoms with Gasteiger partial charge in [0.1, 0.15) is 0 Å². The van der Waals surface area contributed by atoms with Crippen LogP contribution in [-0.2, 0) is 10.2 Å². The predicted octanol–water partition coefficient (Wildman–Crippen LogP) is 1.96. The van der Waals surface area contributed by atoms with E-state index in [4.69, 9.17) is 20.6 Å². The van der Waals surface area contributed by atoms with Crippen molar-refractivity contribution in [2.75, 3.05) is 7.11 Å². The van der Waals surface area contributed by atoms with Crippen LogP contribution in [0.15, 0.2) is 12.1 Å². The highest BCUT2D eigenvalue weighted by atomic mass is 35.5. The highest BCUT2D eigenvalue weighted by molar-refractivity contribution is 6.06. The maximum atomic E-state index is 12.2. The second kappa shape index (κ2) is 7.82. The molecule has 23 heavy (non-hydrogen) atoms. The van der Waals surface area contributed by atoms with Gasteiger partial charge in [0.25, 0.3) is 5.91 Å². The highest BCUT2D eigenvalue weighted by Gasteiger charge is 2.24. The third kappa shape index (κ3) is 5.45. The molecule has 128 valence electrons. The first kappa shape index (κ1) is 20.7. The van der Waals surface area contributed by atoms with Gasteiger partial charge in [0.2, 0.25) is 0 Å². The summed E-state index contributed by atoms with van der Waals surface area (Å²) in [5, 5.41) is 9.36. The van der Waals surface area contributed by atoms with Crippen molar-refractivity contribution in [1.29, 1.82) is 5.41 Å². The fourth-order valence-electron chi connectivity index (χ4n) is 1.83. The number of carbonyl (C=O) groups is 2. The molecule has 0 fully saturated rings. The third-order valence-corrected chi connectivity index (χ3v) is 2.87. The number of nitrogens with one attached hydrogen (secondary N) is 2. The topological polar surface area (TPSA) is 114 Å². The zero-order chi connectivity index (χ0) is 17.1. The molecule has 0 saturated carbocycles. The van der Waals surface area contributed by atoms with E-state index in [1.54, 1.807) is 12.1 Å². The molecule has 0 aliphatic rings. The van der Waals surface area contributed by atoms with Crippen molar-refractivity contribution in [3.05, 3.63) is 23.3 Å². The maximum absolute atomic E-state index is 12.2. The summed E-state index contributed by atoms with van der Waals surface area (Å²) in [6.07, 6.45) is 0. The van der Waals surface area contributed by atoms with Crippen molar-refractivity contribution in [1.82, 2.24) is 5.32 Å². The van der Waals surface area contributed by atoms with Crippen LogP contribution in [0.3, 0.4) is 0 Å². The van der Waals surface area contributed by atoms with Gasteiger partial charge in [-0.3, -0.25) is 20.3 Å². The van der Waals surface area contributed by atoms with Crippen molar-refractivity contribution in [2.45, 2.75) is 33.1 Å². The maximum Gasteiger partial charge on any atom is 0.308 e. The van der Waals surface area contributed by atoms with Crippen molar-refractivity contribution in [3.63, 3.8) is 0 Å². The van der Waals surface area contributed by atoms with E-state index < -0.39 is 17.8 Å². The molecular weight excluding hydrogens is 322 g/mol. The number of hydrogen-bond acceptors (Lipinski definition) is 5. The minimum Gasteiger partial charge on any atom is -0.492 e. The Labute approximate surface area is 141 Å². The first-order valence-electron chi connectivity index (χ1n) is 6.62. The lowest BCUT2D eigenvalue weighted by Gasteiger charge is -2.22. The van der Waals surface area contributed by atoms with Crippen molar-refractivity contribution >= 4 is 30.2 Å². The summed E-state index contributed by atoms with van der Waals surface area (Å²) < 4.78 is 10.3. The van der Waals surface area contributed by atoms with Gasteiger partial charge in [0, 0.05) is 6.92 Å². The third-order valence-electron chi connectivity index (χ3n) is 2.87. The van der Waals surface area contributed by atoms with Crippen LogP contribution in [-0.4, -0.2) is 24.9 Å². The van der Waals surface area contributed by atoms with E-state index in [1.165, 1.54) is 14.0 Å². The Balaban J connectivity index is 0.00000484. The molecule has 4 N–H and O–H groups in total. The quantitative estimate of drug-likeness (QED) is 0.336. The van der Waals surface area contributed by atoms with Crippen LogP contribution in [0.2, 0.25) is 0 Å². The van der Waals surface area contributed by atoms with Gasteiger partial charge in [0.05, 0.1) is 12.7 Å². The lowest BCUT2D eigenvalue weighted by atomic mass is 9.85. The zero-order valence-corrected chi connectivity index (χ0v) is 14.6. The van der Waals surface area contributed by atoms with E-state index in [-0.39, 0.29) is 34.9 Å². The summed E-state index contributed by atoms with van der Waals surface area (Å²) >= 11 is 0. The second-order valence-electron chi connectivity index (χ2n) is 5.77. The fourth-order valence-corrected chi connectivity index (χ4v) is 1.83. The van der Waals surface area contributed by atoms with Gasteiger partial charge in [-0.05, 0) is 23.1 Å². The summed E-state index contributed by atoms with van der Waals surface area (Å²) in [5.41, 5.74) is 5.82. The van der Waals surface area contributed by atoms with E-state index in [0.29, 0.717) is 0 Å². The first-order chi connectivity index (χ1) is 10.1. The first-order valence-corrected chi connectivity index (χ1v) is 6.62. The molecule has 1 aromatic carbocycles. The average molecular weight is 344 g/mol. The molecule has 8 heteroatoms. The van der Waals surface area contributed by atoms with E-state index >= 15 is 0 Å². The van der Waals surface area contributed by atoms with Gasteiger partial charge < -0.3 is 15.2 Å². The molecule has 1 aromatic rings. The minimum absolute atomic E-state index is 0. The molecule has 0 radical (unpaired) electrons. The standard InChI is InChI=1S/C15H21N3O4.ClH/c1-8(19)22-11-7-9(15(2,3)4)6-10(12(11)21-5)13(20)18-14(16)17;/h6-7H,1-5H3,(H4,16,17,18,20);1H. The van der Waals surface area contributed by atoms with E-state index in [2.05, 4.69) is 5.32 Å². The number of methoxy groups -OCH3 is 1. The molecule has 7 nitrogen and oxygen atoms in total. The van der Waals surface area contributed by atoms with Crippen LogP contribution in [0.25, 0.3) is 0 Å². The van der Waals surface area contributed by atoms with Crippen LogP contribution >= 0.6 is 12.4 Å². The minimum atomic E-state index is -0.608. The number of amides is 1. The van der Waals surface area contributed by atoms with Gasteiger partial charge in [-0.1, -0.05) is 20.8 Å². The smallest absolute Gasteiger partial charge is 0.308 e. The summed E-state index contributed by atoms with van der Waals surface area (Å²) in [5.74, 6) is -1.36. The van der Waals surface area contributed by atoms with Gasteiger partial charge in [0.15, 0.2) is 17.5 Å². The predicted molar refractivity (Wildman–Crippen MR) is 89.6 cm³/mol. The Kier molecular flexibility index (Phi) is 7.05. The van der Waals surface area contributed by atoms with Crippen LogP contribution in [0.5, 0.6) is 11.5 Å². The largest absolute Gasteiger partial charge is 0.492 e. The molecule has 0 heterocycles. The Morgan fingerprint density at radius 3 is 2.22 bits per heavy atom. The van der Waals surface area contributed by atoms with Crippen LogP contribution in [0.4, 0.5) is 0 Å². The number of halogens is 1. The van der Waals surface area contributed by atoms with Gasteiger partial charge in [-0.2, -0.15) is 0 Å². The monoisotopic (exact) mass is 343 g/mol. The highest BCUT2D eigenvalue weighted by Crippen LogP contribution is 2.37. The molecular formula is C15H22ClN3O4. The lowest BCUT2D eigenvalue weighted by Crippen LogP contribution is -2.36. The molecule has 1 amide bonds. The van der Waals surface area contributed by atoms with E-state index in [0.717, 1.165) is 5.56 Å². The van der Waals surface area contributed by atoms with Crippen molar-refractivity contribution in [3.8, 4) is 11.5 Å². The fraction of sp³-hybridized carbons (Fsp3) is 0.400. The number of nitrogens with two attached hydrogens (primary N) is 1. The van der Waals surface area contributed by atoms with Crippen LogP contribution < -0.4 is 20.5 Å². The molecule has 1 rings (SSSR count). The molecule has 0 bridgehead atoms. The summed E-state index contributed by atoms with van der Waals surface area (Å²) in [4.78, 5) is 23.5. The normalized spacial score (nSPS) is 10.3. The zero-order valence-electron chi connectivity index (χ0n) is 13.8. The summed E-state index contributed by atoms with van der Waals surface area (Å²) in [7, 11) is 1.36. The van der Waals surface area contributed by atoms with E-state index in [9.17, 15) is 9.59 Å². The number of benzene rings is 1. The van der Waals surface area contributed by atoms with Crippen molar-refractivity contribution < 1.29 is 19.1 Å². The lowest BCUT2D eigenvalue weighted by molar-refractivity contribution is -0.132. The van der Waals surface area contributed by atoms with Crippen LogP contribution in [0, 0.1) is 5.41 Å². The summed E-state index contributed by atoms with van der Waals surface area (Å²) in [6, 6.07) is 3.29. The molecule has 0 saturated heterocycles. The van der Waals surface area contributed by atoms with Crippen molar-refractivity contribution in [2.24, 2.45) is 5.73 Å². The van der Waals surface area contributed by atoms with Crippen LogP contribution in [0.1, 0.15) is 43.6 Å². The Bertz CT molecular complexity index is 624. The Morgan fingerprint density at radius 2 is 1.83 bits per heavy atom. The molecule has 0 aliphatic carbocycles. The van der Waals surface area contributed by atoms with Gasteiger partial charge in [-0.25, -0.2) is 0 Å². The molecule has 0 unspecified atom stereocenters. The molecule has 0 aliphatic heterocycles.